The molecule has 1 aliphatic carbocycles. The molecular formula is C24H36O2. The second kappa shape index (κ2) is 9.39. The Labute approximate surface area is 159 Å². The van der Waals surface area contributed by atoms with Crippen molar-refractivity contribution in [3.05, 3.63) is 42.0 Å². The average molecular weight is 357 g/mol. The van der Waals surface area contributed by atoms with E-state index in [9.17, 15) is 9.90 Å². The van der Waals surface area contributed by atoms with Crippen LogP contribution in [0.3, 0.4) is 0 Å². The van der Waals surface area contributed by atoms with E-state index in [2.05, 4.69) is 39.5 Å². The largest absolute Gasteiger partial charge is 0.508 e. The van der Waals surface area contributed by atoms with Crippen molar-refractivity contribution in [3.8, 4) is 5.75 Å². The summed E-state index contributed by atoms with van der Waals surface area (Å²) in [6.45, 7) is 10.6. The predicted molar refractivity (Wildman–Crippen MR) is 110 cm³/mol. The zero-order valence-electron chi connectivity index (χ0n) is 16.9. The zero-order valence-corrected chi connectivity index (χ0v) is 16.9. The third-order valence-electron chi connectivity index (χ3n) is 6.15. The molecule has 1 aromatic carbocycles. The summed E-state index contributed by atoms with van der Waals surface area (Å²) in [6.07, 6.45) is 11.1. The number of phenolic OH excluding ortho intramolecular Hbond substituents is 1. The fraction of sp³-hybridized carbons (Fsp3) is 0.625. The summed E-state index contributed by atoms with van der Waals surface area (Å²) in [6, 6.07) is 6.18. The van der Waals surface area contributed by atoms with E-state index in [1.807, 2.05) is 12.1 Å². The second-order valence-electron chi connectivity index (χ2n) is 8.64. The Morgan fingerprint density at radius 3 is 2.69 bits per heavy atom. The first-order chi connectivity index (χ1) is 12.4. The Morgan fingerprint density at radius 2 is 2.04 bits per heavy atom. The van der Waals surface area contributed by atoms with Gasteiger partial charge >= 0.3 is 0 Å². The van der Waals surface area contributed by atoms with Crippen LogP contribution in [0.1, 0.15) is 95.6 Å². The third-order valence-corrected chi connectivity index (χ3v) is 6.15. The highest BCUT2D eigenvalue weighted by Gasteiger charge is 2.32. The standard InChI is InChI=1S/C24H36O2/c1-5-7-8-9-15-24(3,4)19-12-14-21(23(26)16-19)22-17-20(25)13-11-18(22)10-6-2/h6,12,14,16,18,22,26H,2,5,7-11,13,15,17H2,1,3-4H3/t18-,22-/m0/s1. The van der Waals surface area contributed by atoms with Gasteiger partial charge in [0.2, 0.25) is 0 Å². The van der Waals surface area contributed by atoms with Gasteiger partial charge in [0.15, 0.2) is 0 Å². The second-order valence-corrected chi connectivity index (χ2v) is 8.64. The lowest BCUT2D eigenvalue weighted by Crippen LogP contribution is -2.23. The van der Waals surface area contributed by atoms with Crippen molar-refractivity contribution in [3.63, 3.8) is 0 Å². The summed E-state index contributed by atoms with van der Waals surface area (Å²) in [7, 11) is 0. The molecule has 0 aromatic heterocycles. The average Bonchev–Trinajstić information content (AvgIpc) is 2.60. The fourth-order valence-electron chi connectivity index (χ4n) is 4.34. The van der Waals surface area contributed by atoms with Crippen LogP contribution in [0.2, 0.25) is 0 Å². The van der Waals surface area contributed by atoms with E-state index in [1.54, 1.807) is 0 Å². The Bertz CT molecular complexity index is 615. The van der Waals surface area contributed by atoms with Crippen molar-refractivity contribution in [2.45, 2.75) is 89.9 Å². The Balaban J connectivity index is 2.17. The van der Waals surface area contributed by atoms with E-state index in [0.29, 0.717) is 30.3 Å². The number of hydrogen-bond acceptors (Lipinski definition) is 2. The maximum atomic E-state index is 12.0. The van der Waals surface area contributed by atoms with Gasteiger partial charge in [-0.15, -0.1) is 6.58 Å². The monoisotopic (exact) mass is 356 g/mol. The van der Waals surface area contributed by atoms with Gasteiger partial charge in [-0.05, 0) is 53.7 Å². The summed E-state index contributed by atoms with van der Waals surface area (Å²) in [4.78, 5) is 12.0. The molecule has 1 fully saturated rings. The number of rotatable bonds is 9. The number of hydrogen-bond donors (Lipinski definition) is 1. The van der Waals surface area contributed by atoms with E-state index in [4.69, 9.17) is 0 Å². The van der Waals surface area contributed by atoms with Crippen molar-refractivity contribution < 1.29 is 9.90 Å². The first-order valence-corrected chi connectivity index (χ1v) is 10.3. The minimum absolute atomic E-state index is 0.0622. The number of carbonyl (C=O) groups is 1. The highest BCUT2D eigenvalue weighted by molar-refractivity contribution is 5.80. The molecule has 0 bridgehead atoms. The van der Waals surface area contributed by atoms with Gasteiger partial charge in [-0.25, -0.2) is 0 Å². The van der Waals surface area contributed by atoms with Crippen LogP contribution in [0.4, 0.5) is 0 Å². The van der Waals surface area contributed by atoms with Crippen LogP contribution >= 0.6 is 0 Å². The molecule has 2 atom stereocenters. The van der Waals surface area contributed by atoms with Crippen LogP contribution in [0.25, 0.3) is 0 Å². The summed E-state index contributed by atoms with van der Waals surface area (Å²) < 4.78 is 0. The Morgan fingerprint density at radius 1 is 1.27 bits per heavy atom. The molecule has 0 heterocycles. The van der Waals surface area contributed by atoms with E-state index in [0.717, 1.165) is 24.8 Å². The topological polar surface area (TPSA) is 37.3 Å². The number of benzene rings is 1. The molecule has 1 N–H and O–H groups in total. The smallest absolute Gasteiger partial charge is 0.133 e. The lowest BCUT2D eigenvalue weighted by atomic mass is 9.72. The highest BCUT2D eigenvalue weighted by atomic mass is 16.3. The molecule has 144 valence electrons. The predicted octanol–water partition coefficient (Wildman–Crippen LogP) is 6.67. The van der Waals surface area contributed by atoms with E-state index < -0.39 is 0 Å². The molecule has 0 amide bonds. The maximum absolute atomic E-state index is 12.0. The lowest BCUT2D eigenvalue weighted by molar-refractivity contribution is -0.121. The van der Waals surface area contributed by atoms with Crippen LogP contribution in [-0.4, -0.2) is 10.9 Å². The van der Waals surface area contributed by atoms with Crippen molar-refractivity contribution in [2.24, 2.45) is 5.92 Å². The minimum Gasteiger partial charge on any atom is -0.508 e. The van der Waals surface area contributed by atoms with Crippen LogP contribution in [0.5, 0.6) is 5.75 Å². The van der Waals surface area contributed by atoms with Crippen LogP contribution < -0.4 is 0 Å². The van der Waals surface area contributed by atoms with Gasteiger partial charge < -0.3 is 5.11 Å². The Hall–Kier alpha value is -1.57. The SMILES string of the molecule is C=CC[C@H]1CCC(=O)C[C@@H]1c1ccc(C(C)(C)CCCCCC)cc1O. The molecule has 0 saturated heterocycles. The number of Topliss-reactive ketones (excluding diaryl/α,β-unsaturated/α-hetero) is 1. The molecule has 0 aliphatic heterocycles. The number of allylic oxidation sites excluding steroid dienone is 1. The fourth-order valence-corrected chi connectivity index (χ4v) is 4.34. The number of aromatic hydroxyl groups is 1. The highest BCUT2D eigenvalue weighted by Crippen LogP contribution is 2.43. The molecule has 1 saturated carbocycles. The molecule has 2 nitrogen and oxygen atoms in total. The van der Waals surface area contributed by atoms with Gasteiger partial charge in [-0.3, -0.25) is 4.79 Å². The van der Waals surface area contributed by atoms with Gasteiger partial charge in [0.05, 0.1) is 0 Å². The van der Waals surface area contributed by atoms with Gasteiger partial charge in [-0.1, -0.05) is 64.7 Å². The molecular weight excluding hydrogens is 320 g/mol. The lowest BCUT2D eigenvalue weighted by Gasteiger charge is -2.32. The first-order valence-electron chi connectivity index (χ1n) is 10.3. The van der Waals surface area contributed by atoms with E-state index >= 15 is 0 Å². The number of unbranched alkanes of at least 4 members (excludes halogenated alkanes) is 3. The van der Waals surface area contributed by atoms with Gasteiger partial charge in [0.1, 0.15) is 11.5 Å². The summed E-state index contributed by atoms with van der Waals surface area (Å²) >= 11 is 0. The molecule has 0 spiro atoms. The molecule has 2 rings (SSSR count). The van der Waals surface area contributed by atoms with Crippen LogP contribution in [-0.2, 0) is 10.2 Å². The van der Waals surface area contributed by atoms with Crippen LogP contribution in [0.15, 0.2) is 30.9 Å². The molecule has 0 unspecified atom stereocenters. The van der Waals surface area contributed by atoms with E-state index in [1.165, 1.54) is 31.2 Å². The maximum Gasteiger partial charge on any atom is 0.133 e. The van der Waals surface area contributed by atoms with Gasteiger partial charge in [0, 0.05) is 12.8 Å². The Kier molecular flexibility index (Phi) is 7.49. The third kappa shape index (κ3) is 5.22. The molecule has 26 heavy (non-hydrogen) atoms. The molecule has 1 aliphatic rings. The number of phenols is 1. The molecule has 2 heteroatoms. The summed E-state index contributed by atoms with van der Waals surface area (Å²) in [5.41, 5.74) is 2.19. The van der Waals surface area contributed by atoms with Crippen molar-refractivity contribution in [1.29, 1.82) is 0 Å². The van der Waals surface area contributed by atoms with Crippen molar-refractivity contribution in [1.82, 2.24) is 0 Å². The van der Waals surface area contributed by atoms with Crippen LogP contribution in [0, 0.1) is 5.92 Å². The quantitative estimate of drug-likeness (QED) is 0.396. The van der Waals surface area contributed by atoms with Crippen molar-refractivity contribution >= 4 is 5.78 Å². The first kappa shape index (κ1) is 20.7. The van der Waals surface area contributed by atoms with Gasteiger partial charge in [0.25, 0.3) is 0 Å². The number of ketones is 1. The minimum atomic E-state index is 0.0622. The van der Waals surface area contributed by atoms with Crippen molar-refractivity contribution in [2.75, 3.05) is 0 Å². The zero-order chi connectivity index (χ0) is 19.2. The number of carbonyl (C=O) groups excluding carboxylic acids is 1. The molecule has 0 radical (unpaired) electrons. The summed E-state index contributed by atoms with van der Waals surface area (Å²) in [5, 5.41) is 10.8. The van der Waals surface area contributed by atoms with E-state index in [-0.39, 0.29) is 11.3 Å². The summed E-state index contributed by atoms with van der Waals surface area (Å²) in [5.74, 6) is 1.20. The normalized spacial score (nSPS) is 21.0. The van der Waals surface area contributed by atoms with Gasteiger partial charge in [-0.2, -0.15) is 0 Å². The molecule has 1 aromatic rings.